The lowest BCUT2D eigenvalue weighted by Gasteiger charge is -2.14. The second-order valence-electron chi connectivity index (χ2n) is 7.20. The molecule has 154 valence electrons. The molecule has 0 aliphatic heterocycles. The van der Waals surface area contributed by atoms with Gasteiger partial charge in [-0.3, -0.25) is 4.79 Å². The second kappa shape index (κ2) is 8.85. The molecule has 0 bridgehead atoms. The van der Waals surface area contributed by atoms with Gasteiger partial charge in [-0.1, -0.05) is 66.4 Å². The van der Waals surface area contributed by atoms with Gasteiger partial charge in [-0.15, -0.1) is 0 Å². The number of Topliss-reactive ketones (excluding diaryl/α,β-unsaturated/α-hetero) is 1. The van der Waals surface area contributed by atoms with Crippen LogP contribution in [0, 0.1) is 17.7 Å². The molecule has 5 heteroatoms. The minimum atomic E-state index is -0.649. The highest BCUT2D eigenvalue weighted by Crippen LogP contribution is 2.44. The fourth-order valence-corrected chi connectivity index (χ4v) is 3.81. The number of hydrogen-bond acceptors (Lipinski definition) is 3. The molecule has 4 rings (SSSR count). The number of amides is 1. The van der Waals surface area contributed by atoms with E-state index in [1.807, 2.05) is 24.3 Å². The Hall–Kier alpha value is -3.91. The van der Waals surface area contributed by atoms with Crippen LogP contribution in [0.4, 0.5) is 9.18 Å². The van der Waals surface area contributed by atoms with E-state index in [4.69, 9.17) is 4.74 Å². The van der Waals surface area contributed by atoms with Crippen LogP contribution < -0.4 is 5.32 Å². The molecule has 1 amide bonds. The van der Waals surface area contributed by atoms with Crippen LogP contribution in [0.2, 0.25) is 0 Å². The molecule has 0 heterocycles. The van der Waals surface area contributed by atoms with E-state index >= 15 is 0 Å². The Morgan fingerprint density at radius 2 is 1.61 bits per heavy atom. The molecule has 31 heavy (non-hydrogen) atoms. The predicted molar refractivity (Wildman–Crippen MR) is 116 cm³/mol. The first-order valence-electron chi connectivity index (χ1n) is 9.93. The van der Waals surface area contributed by atoms with Crippen molar-refractivity contribution in [1.29, 1.82) is 0 Å². The smallest absolute Gasteiger partial charge is 0.407 e. The van der Waals surface area contributed by atoms with Crippen molar-refractivity contribution in [2.24, 2.45) is 0 Å². The maximum atomic E-state index is 14.2. The summed E-state index contributed by atoms with van der Waals surface area (Å²) in [5.41, 5.74) is 4.70. The summed E-state index contributed by atoms with van der Waals surface area (Å²) in [6, 6.07) is 20.7. The molecule has 0 unspecified atom stereocenters. The third-order valence-electron chi connectivity index (χ3n) is 5.27. The van der Waals surface area contributed by atoms with Gasteiger partial charge in [0.05, 0.1) is 17.7 Å². The van der Waals surface area contributed by atoms with Crippen LogP contribution in [0.25, 0.3) is 11.1 Å². The van der Waals surface area contributed by atoms with E-state index < -0.39 is 11.9 Å². The average molecular weight is 413 g/mol. The predicted octanol–water partition coefficient (Wildman–Crippen LogP) is 4.92. The van der Waals surface area contributed by atoms with Crippen LogP contribution in [0.1, 0.15) is 39.9 Å². The molecule has 3 aromatic carbocycles. The van der Waals surface area contributed by atoms with E-state index in [0.29, 0.717) is 0 Å². The SMILES string of the molecule is CC(=O)c1cccc(C#CCNC(=O)OCC2c3ccccc3-c3ccccc32)c1F. The van der Waals surface area contributed by atoms with Gasteiger partial charge in [0, 0.05) is 5.92 Å². The maximum Gasteiger partial charge on any atom is 0.407 e. The zero-order valence-electron chi connectivity index (χ0n) is 16.9. The summed E-state index contributed by atoms with van der Waals surface area (Å²) in [5.74, 6) is 4.29. The first-order chi connectivity index (χ1) is 15.1. The number of rotatable bonds is 4. The molecule has 3 aromatic rings. The van der Waals surface area contributed by atoms with Gasteiger partial charge in [0.2, 0.25) is 0 Å². The van der Waals surface area contributed by atoms with Gasteiger partial charge >= 0.3 is 6.09 Å². The molecule has 0 aromatic heterocycles. The Bertz CT molecular complexity index is 1180. The highest BCUT2D eigenvalue weighted by Gasteiger charge is 2.28. The van der Waals surface area contributed by atoms with Crippen LogP contribution in [0.5, 0.6) is 0 Å². The van der Waals surface area contributed by atoms with Gasteiger partial charge in [0.15, 0.2) is 5.78 Å². The minimum absolute atomic E-state index is 0.000410. The highest BCUT2D eigenvalue weighted by molar-refractivity contribution is 5.94. The molecule has 0 fully saturated rings. The Morgan fingerprint density at radius 3 is 2.26 bits per heavy atom. The third kappa shape index (κ3) is 4.19. The van der Waals surface area contributed by atoms with Crippen molar-refractivity contribution in [3.05, 3.63) is 94.8 Å². The number of nitrogens with one attached hydrogen (secondary N) is 1. The molecule has 4 nitrogen and oxygen atoms in total. The zero-order valence-corrected chi connectivity index (χ0v) is 16.9. The van der Waals surface area contributed by atoms with Crippen LogP contribution in [-0.4, -0.2) is 25.0 Å². The Morgan fingerprint density at radius 1 is 0.968 bits per heavy atom. The largest absolute Gasteiger partial charge is 0.449 e. The van der Waals surface area contributed by atoms with Crippen LogP contribution in [-0.2, 0) is 4.74 Å². The molecule has 1 N–H and O–H groups in total. The van der Waals surface area contributed by atoms with Gasteiger partial charge in [-0.05, 0) is 41.3 Å². The summed E-state index contributed by atoms with van der Waals surface area (Å²) >= 11 is 0. The van der Waals surface area contributed by atoms with Crippen molar-refractivity contribution in [3.63, 3.8) is 0 Å². The van der Waals surface area contributed by atoms with Crippen LogP contribution in [0.15, 0.2) is 66.7 Å². The summed E-state index contributed by atoms with van der Waals surface area (Å²) in [4.78, 5) is 23.5. The van der Waals surface area contributed by atoms with E-state index in [9.17, 15) is 14.0 Å². The maximum absolute atomic E-state index is 14.2. The fraction of sp³-hybridized carbons (Fsp3) is 0.154. The van der Waals surface area contributed by atoms with E-state index in [1.54, 1.807) is 6.07 Å². The number of ether oxygens (including phenoxy) is 1. The van der Waals surface area contributed by atoms with E-state index in [-0.39, 0.29) is 36.0 Å². The first-order valence-corrected chi connectivity index (χ1v) is 9.93. The second-order valence-corrected chi connectivity index (χ2v) is 7.20. The Kier molecular flexibility index (Phi) is 5.81. The van der Waals surface area contributed by atoms with Crippen LogP contribution in [0.3, 0.4) is 0 Å². The molecule has 0 atom stereocenters. The number of halogens is 1. The van der Waals surface area contributed by atoms with Crippen molar-refractivity contribution < 1.29 is 18.7 Å². The lowest BCUT2D eigenvalue weighted by atomic mass is 9.98. The quantitative estimate of drug-likeness (QED) is 0.488. The molecule has 1 aliphatic rings. The number of fused-ring (bicyclic) bond motifs is 3. The van der Waals surface area contributed by atoms with E-state index in [2.05, 4.69) is 41.4 Å². The Balaban J connectivity index is 1.36. The van der Waals surface area contributed by atoms with Gasteiger partial charge in [0.25, 0.3) is 0 Å². The first kappa shape index (κ1) is 20.4. The van der Waals surface area contributed by atoms with E-state index in [0.717, 1.165) is 22.3 Å². The topological polar surface area (TPSA) is 55.4 Å². The summed E-state index contributed by atoms with van der Waals surface area (Å²) in [6.07, 6.45) is -0.589. The number of ketones is 1. The zero-order chi connectivity index (χ0) is 21.8. The summed E-state index contributed by atoms with van der Waals surface area (Å²) in [6.45, 7) is 1.51. The van der Waals surface area contributed by atoms with Crippen molar-refractivity contribution in [2.75, 3.05) is 13.2 Å². The monoisotopic (exact) mass is 413 g/mol. The lowest BCUT2D eigenvalue weighted by Crippen LogP contribution is -2.26. The summed E-state index contributed by atoms with van der Waals surface area (Å²) in [7, 11) is 0. The summed E-state index contributed by atoms with van der Waals surface area (Å²) in [5, 5.41) is 2.56. The number of hydrogen-bond donors (Lipinski definition) is 1. The van der Waals surface area contributed by atoms with Crippen molar-refractivity contribution >= 4 is 11.9 Å². The standard InChI is InChI=1S/C26H20FNO3/c1-17(29)19-14-6-8-18(25(19)27)9-7-15-28-26(30)31-16-24-22-12-4-2-10-20(22)21-11-3-5-13-23(21)24/h2-6,8,10-14,24H,15-16H2,1H3,(H,28,30). The van der Waals surface area contributed by atoms with Crippen molar-refractivity contribution in [3.8, 4) is 23.0 Å². The van der Waals surface area contributed by atoms with Crippen molar-refractivity contribution in [2.45, 2.75) is 12.8 Å². The van der Waals surface area contributed by atoms with Gasteiger partial charge in [-0.25, -0.2) is 9.18 Å². The number of carbonyl (C=O) groups excluding carboxylic acids is 2. The third-order valence-corrected chi connectivity index (χ3v) is 5.27. The molecule has 1 aliphatic carbocycles. The summed E-state index contributed by atoms with van der Waals surface area (Å²) < 4.78 is 19.6. The minimum Gasteiger partial charge on any atom is -0.449 e. The number of alkyl carbamates (subject to hydrolysis) is 1. The Labute approximate surface area is 180 Å². The molecular formula is C26H20FNO3. The number of benzene rings is 3. The normalized spacial score (nSPS) is 11.7. The molecule has 0 saturated heterocycles. The van der Waals surface area contributed by atoms with Crippen LogP contribution >= 0.6 is 0 Å². The molecular weight excluding hydrogens is 393 g/mol. The fourth-order valence-electron chi connectivity index (χ4n) is 3.81. The van der Waals surface area contributed by atoms with Gasteiger partial charge < -0.3 is 10.1 Å². The van der Waals surface area contributed by atoms with Gasteiger partial charge in [0.1, 0.15) is 12.4 Å². The molecule has 0 spiro atoms. The number of carbonyl (C=O) groups is 2. The molecule has 0 saturated carbocycles. The highest BCUT2D eigenvalue weighted by atomic mass is 19.1. The van der Waals surface area contributed by atoms with Crippen molar-refractivity contribution in [1.82, 2.24) is 5.32 Å². The average Bonchev–Trinajstić information content (AvgIpc) is 3.10. The lowest BCUT2D eigenvalue weighted by molar-refractivity contribution is 0.101. The van der Waals surface area contributed by atoms with Gasteiger partial charge in [-0.2, -0.15) is 0 Å². The van der Waals surface area contributed by atoms with E-state index in [1.165, 1.54) is 19.1 Å². The molecule has 0 radical (unpaired) electrons.